The maximum Gasteiger partial charge on any atom is 0.338 e. The van der Waals surface area contributed by atoms with E-state index in [-0.39, 0.29) is 22.4 Å². The van der Waals surface area contributed by atoms with Crippen LogP contribution >= 0.6 is 0 Å². The van der Waals surface area contributed by atoms with Crippen LogP contribution in [0.1, 0.15) is 47.2 Å². The van der Waals surface area contributed by atoms with Gasteiger partial charge in [0.1, 0.15) is 11.3 Å². The van der Waals surface area contributed by atoms with Crippen LogP contribution in [0.2, 0.25) is 0 Å². The van der Waals surface area contributed by atoms with Gasteiger partial charge in [0.15, 0.2) is 5.52 Å². The number of carbonyl (C=O) groups is 1. The first kappa shape index (κ1) is 20.6. The number of aromatic carboxylic acids is 1. The number of carboxylic acid groups (broad SMARTS) is 1. The molecule has 34 heavy (non-hydrogen) atoms. The van der Waals surface area contributed by atoms with Crippen molar-refractivity contribution in [2.45, 2.75) is 45.1 Å². The van der Waals surface area contributed by atoms with Gasteiger partial charge in [-0.1, -0.05) is 6.07 Å². The first-order chi connectivity index (χ1) is 16.5. The number of ether oxygens (including phenoxy) is 1. The molecule has 1 fully saturated rings. The van der Waals surface area contributed by atoms with Gasteiger partial charge in [0.05, 0.1) is 24.6 Å². The molecule has 3 heterocycles. The third-order valence-corrected chi connectivity index (χ3v) is 6.78. The Labute approximate surface area is 194 Å². The number of carboxylic acids is 1. The molecule has 10 nitrogen and oxygen atoms in total. The molecule has 3 aromatic heterocycles. The molecule has 0 atom stereocenters. The molecule has 2 N–H and O–H groups in total. The van der Waals surface area contributed by atoms with E-state index in [0.717, 1.165) is 31.4 Å². The second kappa shape index (κ2) is 7.82. The number of aryl methyl sites for hydroxylation is 2. The number of rotatable bonds is 7. The topological polar surface area (TPSA) is 128 Å². The second-order valence-electron chi connectivity index (χ2n) is 9.36. The van der Waals surface area contributed by atoms with Crippen LogP contribution < -0.4 is 10.3 Å². The molecule has 0 amide bonds. The maximum absolute atomic E-state index is 12.6. The lowest BCUT2D eigenvalue weighted by molar-refractivity contribution is 0.0697. The zero-order valence-corrected chi connectivity index (χ0v) is 18.5. The SMILES string of the molecule is O=C(O)c1cnn(-c2nc3cn(CC4(COc5ccc6c(c5)CCCC6)CC4)nc3c(=O)[nH]2)c1. The first-order valence-electron chi connectivity index (χ1n) is 11.5. The molecular formula is C24H24N6O4. The van der Waals surface area contributed by atoms with Gasteiger partial charge in [-0.15, -0.1) is 0 Å². The lowest BCUT2D eigenvalue weighted by Crippen LogP contribution is -2.20. The quantitative estimate of drug-likeness (QED) is 0.434. The molecule has 0 spiro atoms. The summed E-state index contributed by atoms with van der Waals surface area (Å²) in [5.41, 5.74) is 3.11. The summed E-state index contributed by atoms with van der Waals surface area (Å²) >= 11 is 0. The summed E-state index contributed by atoms with van der Waals surface area (Å²) in [5.74, 6) is -0.0449. The molecule has 174 valence electrons. The number of nitrogens with zero attached hydrogens (tertiary/aromatic N) is 5. The fourth-order valence-corrected chi connectivity index (χ4v) is 4.60. The van der Waals surface area contributed by atoms with Crippen LogP contribution in [0.3, 0.4) is 0 Å². The van der Waals surface area contributed by atoms with E-state index in [2.05, 4.69) is 38.4 Å². The standard InChI is InChI=1S/C24H24N6O4/c31-21-20-19(26-23(27-21)30-11-17(10-25-30)22(32)33)12-29(28-20)13-24(7-8-24)14-34-18-6-5-15-3-1-2-4-16(15)9-18/h5-6,9-12H,1-4,7-8,13-14H2,(H,32,33)(H,26,27,31). The number of hydrogen-bond donors (Lipinski definition) is 2. The normalized spacial score (nSPS) is 16.4. The van der Waals surface area contributed by atoms with Crippen LogP contribution in [-0.2, 0) is 19.4 Å². The molecule has 4 aromatic rings. The van der Waals surface area contributed by atoms with E-state index in [9.17, 15) is 9.59 Å². The first-order valence-corrected chi connectivity index (χ1v) is 11.5. The predicted molar refractivity (Wildman–Crippen MR) is 122 cm³/mol. The van der Waals surface area contributed by atoms with E-state index >= 15 is 0 Å². The van der Waals surface area contributed by atoms with Crippen molar-refractivity contribution >= 4 is 17.0 Å². The molecule has 0 radical (unpaired) electrons. The number of hydrogen-bond acceptors (Lipinski definition) is 6. The van der Waals surface area contributed by atoms with Gasteiger partial charge in [-0.2, -0.15) is 10.2 Å². The van der Waals surface area contributed by atoms with Crippen LogP contribution in [0.15, 0.2) is 41.6 Å². The largest absolute Gasteiger partial charge is 0.493 e. The average molecular weight is 460 g/mol. The van der Waals surface area contributed by atoms with Crippen molar-refractivity contribution in [2.75, 3.05) is 6.61 Å². The van der Waals surface area contributed by atoms with E-state index in [0.29, 0.717) is 18.7 Å². The van der Waals surface area contributed by atoms with Crippen molar-refractivity contribution in [2.24, 2.45) is 5.41 Å². The zero-order valence-electron chi connectivity index (χ0n) is 18.5. The van der Waals surface area contributed by atoms with Crippen LogP contribution in [0.5, 0.6) is 5.75 Å². The van der Waals surface area contributed by atoms with E-state index in [1.807, 2.05) is 0 Å². The summed E-state index contributed by atoms with van der Waals surface area (Å²) in [7, 11) is 0. The minimum atomic E-state index is -1.10. The smallest absolute Gasteiger partial charge is 0.338 e. The average Bonchev–Trinajstić information content (AvgIpc) is 3.22. The summed E-state index contributed by atoms with van der Waals surface area (Å²) in [4.78, 5) is 30.7. The van der Waals surface area contributed by atoms with E-state index in [1.165, 1.54) is 41.0 Å². The Balaban J connectivity index is 1.19. The van der Waals surface area contributed by atoms with Crippen molar-refractivity contribution in [1.82, 2.24) is 29.5 Å². The number of aromatic amines is 1. The zero-order chi connectivity index (χ0) is 23.3. The molecule has 2 aliphatic carbocycles. The van der Waals surface area contributed by atoms with Gasteiger partial charge in [-0.25, -0.2) is 14.5 Å². The van der Waals surface area contributed by atoms with Gasteiger partial charge in [-0.3, -0.25) is 14.5 Å². The Kier molecular flexibility index (Phi) is 4.75. The van der Waals surface area contributed by atoms with E-state index < -0.39 is 11.5 Å². The molecule has 1 aromatic carbocycles. The monoisotopic (exact) mass is 460 g/mol. The molecular weight excluding hydrogens is 436 g/mol. The molecule has 6 rings (SSSR count). The maximum atomic E-state index is 12.6. The summed E-state index contributed by atoms with van der Waals surface area (Å²) in [6.45, 7) is 1.23. The fourth-order valence-electron chi connectivity index (χ4n) is 4.60. The molecule has 2 aliphatic rings. The second-order valence-corrected chi connectivity index (χ2v) is 9.36. The van der Waals surface area contributed by atoms with E-state index in [4.69, 9.17) is 9.84 Å². The van der Waals surface area contributed by atoms with Crippen molar-refractivity contribution in [3.8, 4) is 11.7 Å². The Morgan fingerprint density at radius 3 is 2.76 bits per heavy atom. The lowest BCUT2D eigenvalue weighted by Gasteiger charge is -2.19. The summed E-state index contributed by atoms with van der Waals surface area (Å²) < 4.78 is 9.17. The fraction of sp³-hybridized carbons (Fsp3) is 0.375. The van der Waals surface area contributed by atoms with Gasteiger partial charge in [0, 0.05) is 18.2 Å². The number of benzene rings is 1. The highest BCUT2D eigenvalue weighted by Gasteiger charge is 2.44. The predicted octanol–water partition coefficient (Wildman–Crippen LogP) is 2.74. The van der Waals surface area contributed by atoms with Crippen LogP contribution in [0.4, 0.5) is 0 Å². The van der Waals surface area contributed by atoms with Crippen molar-refractivity contribution < 1.29 is 14.6 Å². The van der Waals surface area contributed by atoms with Crippen molar-refractivity contribution in [3.05, 3.63) is 63.8 Å². The summed E-state index contributed by atoms with van der Waals surface area (Å²) in [5, 5.41) is 17.5. The number of fused-ring (bicyclic) bond motifs is 2. The Morgan fingerprint density at radius 2 is 2.00 bits per heavy atom. The Morgan fingerprint density at radius 1 is 1.18 bits per heavy atom. The highest BCUT2D eigenvalue weighted by Crippen LogP contribution is 2.47. The van der Waals surface area contributed by atoms with Gasteiger partial charge in [0.25, 0.3) is 5.56 Å². The molecule has 0 bridgehead atoms. The minimum Gasteiger partial charge on any atom is -0.493 e. The highest BCUT2D eigenvalue weighted by atomic mass is 16.5. The lowest BCUT2D eigenvalue weighted by atomic mass is 9.92. The van der Waals surface area contributed by atoms with Crippen molar-refractivity contribution in [3.63, 3.8) is 0 Å². The third-order valence-electron chi connectivity index (χ3n) is 6.78. The number of aromatic nitrogens is 6. The van der Waals surface area contributed by atoms with Crippen LogP contribution in [0, 0.1) is 5.41 Å². The van der Waals surface area contributed by atoms with Crippen molar-refractivity contribution in [1.29, 1.82) is 0 Å². The van der Waals surface area contributed by atoms with Gasteiger partial charge in [-0.05, 0) is 61.8 Å². The molecule has 1 saturated carbocycles. The molecule has 0 unspecified atom stereocenters. The molecule has 10 heteroatoms. The Bertz CT molecular complexity index is 1460. The van der Waals surface area contributed by atoms with Crippen LogP contribution in [-0.4, -0.2) is 47.2 Å². The van der Waals surface area contributed by atoms with Gasteiger partial charge in [0.2, 0.25) is 5.95 Å². The van der Waals surface area contributed by atoms with Crippen LogP contribution in [0.25, 0.3) is 17.0 Å². The minimum absolute atomic E-state index is 0.00745. The molecule has 0 saturated heterocycles. The molecule has 0 aliphatic heterocycles. The number of nitrogens with one attached hydrogen (secondary N) is 1. The number of H-pyrrole nitrogens is 1. The third kappa shape index (κ3) is 3.85. The Hall–Kier alpha value is -3.95. The van der Waals surface area contributed by atoms with Gasteiger partial charge >= 0.3 is 5.97 Å². The summed E-state index contributed by atoms with van der Waals surface area (Å²) in [6, 6.07) is 6.44. The van der Waals surface area contributed by atoms with E-state index in [1.54, 1.807) is 10.9 Å². The highest BCUT2D eigenvalue weighted by molar-refractivity contribution is 5.87. The summed E-state index contributed by atoms with van der Waals surface area (Å²) in [6.07, 6.45) is 11.1. The van der Waals surface area contributed by atoms with Gasteiger partial charge < -0.3 is 9.84 Å².